The number of ether oxygens (including phenoxy) is 3. The van der Waals surface area contributed by atoms with Gasteiger partial charge >= 0.3 is 5.97 Å². The number of nitrogens with zero attached hydrogens (tertiary/aromatic N) is 1. The maximum Gasteiger partial charge on any atom is 0.331 e. The van der Waals surface area contributed by atoms with Crippen molar-refractivity contribution in [3.05, 3.63) is 53.6 Å². The Morgan fingerprint density at radius 3 is 2.66 bits per heavy atom. The zero-order chi connectivity index (χ0) is 24.5. The summed E-state index contributed by atoms with van der Waals surface area (Å²) in [7, 11) is 0. The molecule has 0 bridgehead atoms. The molecule has 0 amide bonds. The minimum Gasteiger partial charge on any atom is -0.491 e. The number of carbonyl (C=O) groups is 1. The SMILES string of the molecule is CCCCOCCOc1ccc(-c2ccc3c(c2)/C=C(/C(=O)O)CCCN3C[C@@H]2CCCO2)cc1. The molecule has 0 spiro atoms. The Kier molecular flexibility index (Phi) is 9.21. The van der Waals surface area contributed by atoms with Crippen molar-refractivity contribution in [3.63, 3.8) is 0 Å². The first-order valence-electron chi connectivity index (χ1n) is 12.9. The average Bonchev–Trinajstić information content (AvgIpc) is 3.37. The van der Waals surface area contributed by atoms with Gasteiger partial charge in [-0.1, -0.05) is 31.5 Å². The molecule has 2 aromatic rings. The highest BCUT2D eigenvalue weighted by atomic mass is 16.5. The van der Waals surface area contributed by atoms with Crippen LogP contribution in [0.4, 0.5) is 5.69 Å². The molecule has 35 heavy (non-hydrogen) atoms. The molecule has 1 atom stereocenters. The second-order valence-electron chi connectivity index (χ2n) is 9.27. The van der Waals surface area contributed by atoms with Gasteiger partial charge in [0.2, 0.25) is 0 Å². The molecule has 1 fully saturated rings. The van der Waals surface area contributed by atoms with E-state index in [1.54, 1.807) is 0 Å². The monoisotopic (exact) mass is 479 g/mol. The number of hydrogen-bond donors (Lipinski definition) is 1. The number of benzene rings is 2. The minimum absolute atomic E-state index is 0.245. The number of carboxylic acids is 1. The standard InChI is InChI=1S/C29H37NO5/c1-2-3-15-33-17-18-35-26-11-8-22(9-12-26)23-10-13-28-25(19-23)20-24(29(31)32)6-4-14-30(28)21-27-7-5-16-34-27/h8-13,19-20,27H,2-7,14-18,21H2,1H3,(H,31,32)/b24-20+/t27-/m0/s1. The van der Waals surface area contributed by atoms with Gasteiger partial charge in [0.15, 0.2) is 0 Å². The minimum atomic E-state index is -0.839. The van der Waals surface area contributed by atoms with Crippen LogP contribution in [0.25, 0.3) is 17.2 Å². The van der Waals surface area contributed by atoms with E-state index in [1.165, 1.54) is 0 Å². The maximum atomic E-state index is 11.8. The van der Waals surface area contributed by atoms with Crippen LogP contribution in [0.3, 0.4) is 0 Å². The van der Waals surface area contributed by atoms with E-state index in [2.05, 4.69) is 30.0 Å². The Labute approximate surface area is 208 Å². The molecule has 0 aliphatic carbocycles. The van der Waals surface area contributed by atoms with Crippen molar-refractivity contribution in [2.24, 2.45) is 0 Å². The highest BCUT2D eigenvalue weighted by Crippen LogP contribution is 2.33. The normalized spacial score (nSPS) is 19.4. The fraction of sp³-hybridized carbons (Fsp3) is 0.483. The molecule has 2 heterocycles. The highest BCUT2D eigenvalue weighted by molar-refractivity contribution is 5.94. The lowest BCUT2D eigenvalue weighted by Gasteiger charge is -2.30. The predicted octanol–water partition coefficient (Wildman–Crippen LogP) is 5.80. The summed E-state index contributed by atoms with van der Waals surface area (Å²) >= 11 is 0. The smallest absolute Gasteiger partial charge is 0.331 e. The summed E-state index contributed by atoms with van der Waals surface area (Å²) < 4.78 is 17.2. The number of aliphatic carboxylic acids is 1. The van der Waals surface area contributed by atoms with Gasteiger partial charge in [-0.25, -0.2) is 4.79 Å². The number of fused-ring (bicyclic) bond motifs is 1. The molecule has 188 valence electrons. The van der Waals surface area contributed by atoms with Crippen LogP contribution >= 0.6 is 0 Å². The molecule has 2 aliphatic rings. The van der Waals surface area contributed by atoms with E-state index < -0.39 is 5.97 Å². The van der Waals surface area contributed by atoms with Crippen molar-refractivity contribution in [3.8, 4) is 16.9 Å². The molecule has 0 unspecified atom stereocenters. The Morgan fingerprint density at radius 1 is 1.09 bits per heavy atom. The lowest BCUT2D eigenvalue weighted by Crippen LogP contribution is -2.34. The van der Waals surface area contributed by atoms with Gasteiger partial charge < -0.3 is 24.2 Å². The van der Waals surface area contributed by atoms with E-state index in [-0.39, 0.29) is 6.10 Å². The van der Waals surface area contributed by atoms with Crippen molar-refractivity contribution >= 4 is 17.7 Å². The van der Waals surface area contributed by atoms with Crippen molar-refractivity contribution in [2.45, 2.75) is 51.6 Å². The van der Waals surface area contributed by atoms with Gasteiger partial charge in [-0.2, -0.15) is 0 Å². The summed E-state index contributed by atoms with van der Waals surface area (Å²) in [6.45, 7) is 6.55. The Bertz CT molecular complexity index is 995. The first-order chi connectivity index (χ1) is 17.1. The van der Waals surface area contributed by atoms with E-state index in [4.69, 9.17) is 14.2 Å². The summed E-state index contributed by atoms with van der Waals surface area (Å²) in [6, 6.07) is 14.4. The van der Waals surface area contributed by atoms with E-state index in [0.29, 0.717) is 25.2 Å². The van der Waals surface area contributed by atoms with Crippen molar-refractivity contribution in [2.75, 3.05) is 44.4 Å². The topological polar surface area (TPSA) is 68.2 Å². The lowest BCUT2D eigenvalue weighted by molar-refractivity contribution is -0.132. The number of rotatable bonds is 11. The van der Waals surface area contributed by atoms with Gasteiger partial charge in [-0.15, -0.1) is 0 Å². The molecular formula is C29H37NO5. The van der Waals surface area contributed by atoms with Gasteiger partial charge in [0.1, 0.15) is 12.4 Å². The van der Waals surface area contributed by atoms with E-state index in [9.17, 15) is 9.90 Å². The van der Waals surface area contributed by atoms with Crippen molar-refractivity contribution in [1.82, 2.24) is 0 Å². The van der Waals surface area contributed by atoms with Crippen LogP contribution < -0.4 is 9.64 Å². The molecule has 0 saturated carbocycles. The second kappa shape index (κ2) is 12.8. The van der Waals surface area contributed by atoms with Crippen LogP contribution in [0.15, 0.2) is 48.0 Å². The highest BCUT2D eigenvalue weighted by Gasteiger charge is 2.23. The van der Waals surface area contributed by atoms with Gasteiger partial charge in [-0.3, -0.25) is 0 Å². The summed E-state index contributed by atoms with van der Waals surface area (Å²) in [5, 5.41) is 9.70. The van der Waals surface area contributed by atoms with Crippen LogP contribution in [0, 0.1) is 0 Å². The summed E-state index contributed by atoms with van der Waals surface area (Å²) in [5.74, 6) is -0.0241. The molecule has 2 aliphatic heterocycles. The van der Waals surface area contributed by atoms with E-state index in [0.717, 1.165) is 86.5 Å². The zero-order valence-electron chi connectivity index (χ0n) is 20.7. The zero-order valence-corrected chi connectivity index (χ0v) is 20.7. The Hall–Kier alpha value is -2.83. The maximum absolute atomic E-state index is 11.8. The second-order valence-corrected chi connectivity index (χ2v) is 9.27. The van der Waals surface area contributed by atoms with Crippen molar-refractivity contribution < 1.29 is 24.1 Å². The molecule has 4 rings (SSSR count). The Balaban J connectivity index is 1.50. The third kappa shape index (κ3) is 7.09. The number of carboxylic acid groups (broad SMARTS) is 1. The number of anilines is 1. The van der Waals surface area contributed by atoms with Crippen LogP contribution in [-0.2, 0) is 14.3 Å². The molecule has 2 aromatic carbocycles. The average molecular weight is 480 g/mol. The number of hydrogen-bond acceptors (Lipinski definition) is 5. The lowest BCUT2D eigenvalue weighted by atomic mass is 9.96. The molecule has 0 radical (unpaired) electrons. The van der Waals surface area contributed by atoms with Gasteiger partial charge in [-0.05, 0) is 79.1 Å². The fourth-order valence-electron chi connectivity index (χ4n) is 4.68. The van der Waals surface area contributed by atoms with E-state index in [1.807, 2.05) is 30.3 Å². The van der Waals surface area contributed by atoms with Crippen molar-refractivity contribution in [1.29, 1.82) is 0 Å². The largest absolute Gasteiger partial charge is 0.491 e. The predicted molar refractivity (Wildman–Crippen MR) is 139 cm³/mol. The summed E-state index contributed by atoms with van der Waals surface area (Å²) in [6.07, 6.45) is 7.87. The first-order valence-corrected chi connectivity index (χ1v) is 12.9. The van der Waals surface area contributed by atoms with Crippen LogP contribution in [0.1, 0.15) is 51.0 Å². The first kappa shape index (κ1) is 25.3. The summed E-state index contributed by atoms with van der Waals surface area (Å²) in [4.78, 5) is 14.2. The molecule has 6 nitrogen and oxygen atoms in total. The van der Waals surface area contributed by atoms with Crippen LogP contribution in [0.2, 0.25) is 0 Å². The Morgan fingerprint density at radius 2 is 1.91 bits per heavy atom. The van der Waals surface area contributed by atoms with Gasteiger partial charge in [0.05, 0.1) is 12.7 Å². The molecule has 6 heteroatoms. The number of unbranched alkanes of at least 4 members (excludes halogenated alkanes) is 1. The summed E-state index contributed by atoms with van der Waals surface area (Å²) in [5.41, 5.74) is 4.60. The molecular weight excluding hydrogens is 442 g/mol. The van der Waals surface area contributed by atoms with Gasteiger partial charge in [0, 0.05) is 37.6 Å². The van der Waals surface area contributed by atoms with Gasteiger partial charge in [0.25, 0.3) is 0 Å². The van der Waals surface area contributed by atoms with E-state index >= 15 is 0 Å². The van der Waals surface area contributed by atoms with Crippen LogP contribution in [0.5, 0.6) is 5.75 Å². The third-order valence-corrected chi connectivity index (χ3v) is 6.62. The molecule has 1 N–H and O–H groups in total. The quantitative estimate of drug-likeness (QED) is 0.411. The van der Waals surface area contributed by atoms with Crippen LogP contribution in [-0.4, -0.2) is 56.7 Å². The molecule has 0 aromatic heterocycles. The molecule has 1 saturated heterocycles. The fourth-order valence-corrected chi connectivity index (χ4v) is 4.68. The third-order valence-electron chi connectivity index (χ3n) is 6.62.